The smallest absolute Gasteiger partial charge is 0.409 e. The number of ether oxygens (including phenoxy) is 1. The first kappa shape index (κ1) is 23.5. The summed E-state index contributed by atoms with van der Waals surface area (Å²) in [5, 5.41) is 6.18. The standard InChI is InChI=1S/C22H39N3O4/c1-5-15(3)19(24-20(26)18-10-8-7-9-16(18)4)21(27)23-17-11-13-25(14-12-17)22(28)29-6-2/h15-19H,5-14H2,1-4H3,(H,23,27)(H,24,26)/t15-,16-,18+,19+/m0/s1. The topological polar surface area (TPSA) is 87.7 Å². The molecule has 29 heavy (non-hydrogen) atoms. The first-order valence-corrected chi connectivity index (χ1v) is 11.4. The molecule has 2 rings (SSSR count). The van der Waals surface area contributed by atoms with Crippen molar-refractivity contribution in [3.05, 3.63) is 0 Å². The number of carbonyl (C=O) groups excluding carboxylic acids is 3. The predicted molar refractivity (Wildman–Crippen MR) is 112 cm³/mol. The van der Waals surface area contributed by atoms with Crippen molar-refractivity contribution in [3.8, 4) is 0 Å². The lowest BCUT2D eigenvalue weighted by Gasteiger charge is -2.34. The van der Waals surface area contributed by atoms with Gasteiger partial charge in [-0.05, 0) is 44.4 Å². The number of nitrogens with zero attached hydrogens (tertiary/aromatic N) is 1. The van der Waals surface area contributed by atoms with E-state index in [4.69, 9.17) is 4.74 Å². The molecule has 0 aromatic carbocycles. The number of hydrogen-bond donors (Lipinski definition) is 2. The number of amides is 3. The summed E-state index contributed by atoms with van der Waals surface area (Å²) in [4.78, 5) is 39.4. The van der Waals surface area contributed by atoms with E-state index in [1.807, 2.05) is 13.8 Å². The molecule has 0 radical (unpaired) electrons. The van der Waals surface area contributed by atoms with E-state index >= 15 is 0 Å². The van der Waals surface area contributed by atoms with Crippen LogP contribution in [0, 0.1) is 17.8 Å². The van der Waals surface area contributed by atoms with Crippen LogP contribution in [0.2, 0.25) is 0 Å². The summed E-state index contributed by atoms with van der Waals surface area (Å²) in [5.74, 6) is 0.366. The maximum Gasteiger partial charge on any atom is 0.409 e. The van der Waals surface area contributed by atoms with Crippen LogP contribution in [-0.4, -0.2) is 54.6 Å². The first-order valence-electron chi connectivity index (χ1n) is 11.4. The SMILES string of the molecule is CCOC(=O)N1CCC(NC(=O)[C@H](NC(=O)[C@@H]2CCCC[C@@H]2C)[C@@H](C)CC)CC1. The average Bonchev–Trinajstić information content (AvgIpc) is 2.72. The molecule has 1 heterocycles. The van der Waals surface area contributed by atoms with E-state index in [1.54, 1.807) is 11.8 Å². The Morgan fingerprint density at radius 1 is 1.07 bits per heavy atom. The number of piperidine rings is 1. The van der Waals surface area contributed by atoms with Gasteiger partial charge in [-0.1, -0.05) is 40.0 Å². The van der Waals surface area contributed by atoms with Gasteiger partial charge in [0.05, 0.1) is 6.61 Å². The normalized spacial score (nSPS) is 25.0. The van der Waals surface area contributed by atoms with Crippen LogP contribution in [-0.2, 0) is 14.3 Å². The molecule has 0 unspecified atom stereocenters. The van der Waals surface area contributed by atoms with Gasteiger partial charge in [-0.15, -0.1) is 0 Å². The van der Waals surface area contributed by atoms with Crippen LogP contribution in [0.15, 0.2) is 0 Å². The lowest BCUT2D eigenvalue weighted by Crippen LogP contribution is -2.55. The van der Waals surface area contributed by atoms with E-state index in [2.05, 4.69) is 17.6 Å². The molecule has 1 aliphatic heterocycles. The molecule has 2 fully saturated rings. The summed E-state index contributed by atoms with van der Waals surface area (Å²) in [6.07, 6.45) is 6.19. The van der Waals surface area contributed by atoms with Crippen molar-refractivity contribution < 1.29 is 19.1 Å². The second kappa shape index (κ2) is 11.4. The Hall–Kier alpha value is -1.79. The zero-order chi connectivity index (χ0) is 21.4. The van der Waals surface area contributed by atoms with Crippen molar-refractivity contribution in [1.29, 1.82) is 0 Å². The van der Waals surface area contributed by atoms with E-state index in [9.17, 15) is 14.4 Å². The third kappa shape index (κ3) is 6.61. The molecule has 7 nitrogen and oxygen atoms in total. The van der Waals surface area contributed by atoms with Gasteiger partial charge < -0.3 is 20.3 Å². The van der Waals surface area contributed by atoms with Gasteiger partial charge in [0.25, 0.3) is 0 Å². The fraction of sp³-hybridized carbons (Fsp3) is 0.864. The number of carbonyl (C=O) groups is 3. The Morgan fingerprint density at radius 3 is 2.31 bits per heavy atom. The van der Waals surface area contributed by atoms with Crippen molar-refractivity contribution in [2.24, 2.45) is 17.8 Å². The Bertz CT molecular complexity index is 560. The largest absolute Gasteiger partial charge is 0.450 e. The minimum Gasteiger partial charge on any atom is -0.450 e. The number of rotatable bonds is 7. The van der Waals surface area contributed by atoms with Crippen molar-refractivity contribution >= 4 is 17.9 Å². The maximum absolute atomic E-state index is 13.0. The number of likely N-dealkylation sites (tertiary alicyclic amines) is 1. The number of hydrogen-bond acceptors (Lipinski definition) is 4. The van der Waals surface area contributed by atoms with E-state index < -0.39 is 6.04 Å². The molecule has 4 atom stereocenters. The molecule has 3 amide bonds. The highest BCUT2D eigenvalue weighted by Crippen LogP contribution is 2.30. The van der Waals surface area contributed by atoms with E-state index in [0.717, 1.165) is 25.7 Å². The molecule has 166 valence electrons. The molecule has 1 saturated heterocycles. The Kier molecular flexibility index (Phi) is 9.24. The average molecular weight is 410 g/mol. The van der Waals surface area contributed by atoms with Gasteiger partial charge in [0.1, 0.15) is 6.04 Å². The summed E-state index contributed by atoms with van der Waals surface area (Å²) in [6, 6.07) is -0.491. The molecule has 0 spiro atoms. The molecule has 0 aromatic heterocycles. The van der Waals surface area contributed by atoms with Crippen molar-refractivity contribution in [2.75, 3.05) is 19.7 Å². The van der Waals surface area contributed by atoms with Crippen LogP contribution >= 0.6 is 0 Å². The molecule has 2 aliphatic rings. The van der Waals surface area contributed by atoms with Crippen LogP contribution in [0.3, 0.4) is 0 Å². The molecule has 2 N–H and O–H groups in total. The van der Waals surface area contributed by atoms with Gasteiger partial charge in [-0.2, -0.15) is 0 Å². The second-order valence-electron chi connectivity index (χ2n) is 8.71. The Balaban J connectivity index is 1.90. The van der Waals surface area contributed by atoms with Crippen LogP contribution < -0.4 is 10.6 Å². The van der Waals surface area contributed by atoms with Crippen molar-refractivity contribution in [1.82, 2.24) is 15.5 Å². The summed E-state index contributed by atoms with van der Waals surface area (Å²) in [7, 11) is 0. The van der Waals surface area contributed by atoms with Gasteiger partial charge in [0.15, 0.2) is 0 Å². The van der Waals surface area contributed by atoms with Crippen molar-refractivity contribution in [2.45, 2.75) is 84.7 Å². The lowest BCUT2D eigenvalue weighted by atomic mass is 9.79. The zero-order valence-corrected chi connectivity index (χ0v) is 18.5. The van der Waals surface area contributed by atoms with E-state index in [0.29, 0.717) is 38.5 Å². The molecule has 1 saturated carbocycles. The van der Waals surface area contributed by atoms with Gasteiger partial charge in [-0.3, -0.25) is 9.59 Å². The fourth-order valence-corrected chi connectivity index (χ4v) is 4.38. The third-order valence-corrected chi connectivity index (χ3v) is 6.61. The van der Waals surface area contributed by atoms with Gasteiger partial charge in [0, 0.05) is 25.0 Å². The van der Waals surface area contributed by atoms with Gasteiger partial charge >= 0.3 is 6.09 Å². The summed E-state index contributed by atoms with van der Waals surface area (Å²) in [5.41, 5.74) is 0. The third-order valence-electron chi connectivity index (χ3n) is 6.61. The number of nitrogens with one attached hydrogen (secondary N) is 2. The molecular formula is C22H39N3O4. The van der Waals surface area contributed by atoms with Gasteiger partial charge in [-0.25, -0.2) is 4.79 Å². The highest BCUT2D eigenvalue weighted by Gasteiger charge is 2.34. The molecule has 1 aliphatic carbocycles. The Morgan fingerprint density at radius 2 is 1.72 bits per heavy atom. The highest BCUT2D eigenvalue weighted by molar-refractivity contribution is 5.89. The van der Waals surface area contributed by atoms with Crippen LogP contribution in [0.5, 0.6) is 0 Å². The molecule has 0 aromatic rings. The highest BCUT2D eigenvalue weighted by atomic mass is 16.6. The predicted octanol–water partition coefficient (Wildman–Crippen LogP) is 3.08. The van der Waals surface area contributed by atoms with Crippen LogP contribution in [0.4, 0.5) is 4.79 Å². The quantitative estimate of drug-likeness (QED) is 0.676. The monoisotopic (exact) mass is 409 g/mol. The summed E-state index contributed by atoms with van der Waals surface area (Å²) < 4.78 is 5.04. The molecular weight excluding hydrogens is 370 g/mol. The fourth-order valence-electron chi connectivity index (χ4n) is 4.38. The minimum absolute atomic E-state index is 0.0101. The van der Waals surface area contributed by atoms with E-state index in [1.165, 1.54) is 6.42 Å². The molecule has 0 bridgehead atoms. The van der Waals surface area contributed by atoms with Gasteiger partial charge in [0.2, 0.25) is 11.8 Å². The van der Waals surface area contributed by atoms with E-state index in [-0.39, 0.29) is 35.8 Å². The van der Waals surface area contributed by atoms with Crippen LogP contribution in [0.25, 0.3) is 0 Å². The molecule has 7 heteroatoms. The Labute approximate surface area is 175 Å². The van der Waals surface area contributed by atoms with Crippen LogP contribution in [0.1, 0.15) is 72.6 Å². The minimum atomic E-state index is -0.510. The zero-order valence-electron chi connectivity index (χ0n) is 18.5. The van der Waals surface area contributed by atoms with Crippen molar-refractivity contribution in [3.63, 3.8) is 0 Å². The maximum atomic E-state index is 13.0. The first-order chi connectivity index (χ1) is 13.9. The summed E-state index contributed by atoms with van der Waals surface area (Å²) >= 11 is 0. The summed E-state index contributed by atoms with van der Waals surface area (Å²) in [6.45, 7) is 9.50. The lowest BCUT2D eigenvalue weighted by molar-refractivity contribution is -0.134. The second-order valence-corrected chi connectivity index (χ2v) is 8.71.